The van der Waals surface area contributed by atoms with Gasteiger partial charge in [0.15, 0.2) is 0 Å². The summed E-state index contributed by atoms with van der Waals surface area (Å²) in [6.07, 6.45) is 5.89. The highest BCUT2D eigenvalue weighted by Crippen LogP contribution is 2.56. The Morgan fingerprint density at radius 2 is 1.09 bits per heavy atom. The summed E-state index contributed by atoms with van der Waals surface area (Å²) in [6.45, 7) is 9.61. The monoisotopic (exact) mass is 703 g/mol. The second-order valence-corrected chi connectivity index (χ2v) is 17.3. The minimum atomic E-state index is -0.0116. The Morgan fingerprint density at radius 1 is 0.455 bits per heavy atom. The van der Waals surface area contributed by atoms with Gasteiger partial charge in [-0.05, 0) is 120 Å². The molecule has 0 spiro atoms. The van der Waals surface area contributed by atoms with Crippen LogP contribution in [-0.4, -0.2) is 4.57 Å². The first-order valence-corrected chi connectivity index (χ1v) is 19.9. The summed E-state index contributed by atoms with van der Waals surface area (Å²) in [5.74, 6) is 0.356. The van der Waals surface area contributed by atoms with Crippen molar-refractivity contribution in [3.05, 3.63) is 191 Å². The van der Waals surface area contributed by atoms with E-state index in [2.05, 4.69) is 190 Å². The molecule has 0 aliphatic heterocycles. The van der Waals surface area contributed by atoms with Gasteiger partial charge >= 0.3 is 0 Å². The number of hydrogen-bond acceptors (Lipinski definition) is 0. The van der Waals surface area contributed by atoms with E-state index < -0.39 is 0 Å². The fraction of sp³-hybridized carbons (Fsp3) is 0.148. The van der Waals surface area contributed by atoms with Crippen LogP contribution in [0.15, 0.2) is 163 Å². The van der Waals surface area contributed by atoms with Crippen molar-refractivity contribution in [3.8, 4) is 16.8 Å². The molecule has 0 fully saturated rings. The molecule has 12 rings (SSSR count). The van der Waals surface area contributed by atoms with Crippen LogP contribution in [0.5, 0.6) is 0 Å². The molecule has 0 saturated heterocycles. The third-order valence-corrected chi connectivity index (χ3v) is 13.8. The minimum absolute atomic E-state index is 0.00295. The standard InChI is InChI=1S/C54H41N/c1-53(2)45-25-21-33(32-20-24-37-39-15-10-17-47-51(39)52-40(41(37)28-32)16-11-18-48(52)54(47,3)4)29-42(45)43-30-34(22-26-46(43)53)35-23-27-50-44(31-35)38-14-8-9-19-49(38)55(50)36-12-6-5-7-13-36/h5-28,30-31,42H,29H2,1-4H3. The number of para-hydroxylation sites is 2. The maximum absolute atomic E-state index is 2.51. The van der Waals surface area contributed by atoms with E-state index >= 15 is 0 Å². The molecule has 3 aliphatic rings. The van der Waals surface area contributed by atoms with E-state index in [1.165, 1.54) is 110 Å². The lowest BCUT2D eigenvalue weighted by Crippen LogP contribution is -2.17. The topological polar surface area (TPSA) is 4.93 Å². The highest BCUT2D eigenvalue weighted by Gasteiger charge is 2.43. The Hall–Kier alpha value is -6.18. The first-order valence-electron chi connectivity index (χ1n) is 19.9. The quantitative estimate of drug-likeness (QED) is 0.161. The second kappa shape index (κ2) is 10.7. The predicted octanol–water partition coefficient (Wildman–Crippen LogP) is 14.3. The van der Waals surface area contributed by atoms with Gasteiger partial charge in [-0.2, -0.15) is 0 Å². The largest absolute Gasteiger partial charge is 0.309 e. The van der Waals surface area contributed by atoms with Crippen LogP contribution in [0.1, 0.15) is 67.9 Å². The fourth-order valence-corrected chi connectivity index (χ4v) is 11.1. The average Bonchev–Trinajstić information content (AvgIpc) is 3.77. The van der Waals surface area contributed by atoms with Gasteiger partial charge in [0, 0.05) is 33.2 Å². The molecule has 1 nitrogen and oxygen atoms in total. The summed E-state index contributed by atoms with van der Waals surface area (Å²) in [5, 5.41) is 11.0. The number of rotatable bonds is 3. The van der Waals surface area contributed by atoms with Crippen LogP contribution >= 0.6 is 0 Å². The molecule has 1 atom stereocenters. The smallest absolute Gasteiger partial charge is 0.0541 e. The highest BCUT2D eigenvalue weighted by atomic mass is 15.0. The van der Waals surface area contributed by atoms with Crippen molar-refractivity contribution in [1.29, 1.82) is 0 Å². The highest BCUT2D eigenvalue weighted by molar-refractivity contribution is 6.29. The average molecular weight is 704 g/mol. The Morgan fingerprint density at radius 3 is 1.89 bits per heavy atom. The molecule has 8 aromatic carbocycles. The molecular formula is C54H41N. The van der Waals surface area contributed by atoms with Gasteiger partial charge in [-0.25, -0.2) is 0 Å². The summed E-state index contributed by atoms with van der Waals surface area (Å²) < 4.78 is 2.40. The maximum atomic E-state index is 2.51. The molecule has 1 unspecified atom stereocenters. The number of benzene rings is 8. The summed E-state index contributed by atoms with van der Waals surface area (Å²) in [4.78, 5) is 0. The van der Waals surface area contributed by atoms with Crippen molar-refractivity contribution in [2.24, 2.45) is 0 Å². The molecule has 0 amide bonds. The van der Waals surface area contributed by atoms with E-state index in [4.69, 9.17) is 0 Å². The lowest BCUT2D eigenvalue weighted by Gasteiger charge is -2.27. The molecule has 1 heterocycles. The molecule has 1 heteroatoms. The molecule has 3 aliphatic carbocycles. The van der Waals surface area contributed by atoms with Crippen molar-refractivity contribution in [3.63, 3.8) is 0 Å². The summed E-state index contributed by atoms with van der Waals surface area (Å²) in [7, 11) is 0. The van der Waals surface area contributed by atoms with Crippen molar-refractivity contribution < 1.29 is 0 Å². The second-order valence-electron chi connectivity index (χ2n) is 17.3. The third kappa shape index (κ3) is 4.08. The van der Waals surface area contributed by atoms with Crippen LogP contribution in [0.4, 0.5) is 0 Å². The third-order valence-electron chi connectivity index (χ3n) is 13.8. The molecule has 55 heavy (non-hydrogen) atoms. The van der Waals surface area contributed by atoms with Crippen molar-refractivity contribution in [2.75, 3.05) is 0 Å². The van der Waals surface area contributed by atoms with Gasteiger partial charge in [-0.3, -0.25) is 0 Å². The van der Waals surface area contributed by atoms with Crippen LogP contribution in [0.3, 0.4) is 0 Å². The van der Waals surface area contributed by atoms with Gasteiger partial charge in [0.05, 0.1) is 11.0 Å². The first kappa shape index (κ1) is 31.2. The van der Waals surface area contributed by atoms with Gasteiger partial charge in [-0.15, -0.1) is 0 Å². The molecule has 0 bridgehead atoms. The van der Waals surface area contributed by atoms with Crippen LogP contribution in [0, 0.1) is 0 Å². The molecule has 0 radical (unpaired) electrons. The number of allylic oxidation sites excluding steroid dienone is 4. The molecule has 0 saturated carbocycles. The van der Waals surface area contributed by atoms with E-state index in [1.807, 2.05) is 0 Å². The molecule has 1 aromatic heterocycles. The van der Waals surface area contributed by atoms with Crippen molar-refractivity contribution in [1.82, 2.24) is 4.57 Å². The molecule has 9 aromatic rings. The van der Waals surface area contributed by atoms with Crippen LogP contribution in [-0.2, 0) is 10.8 Å². The number of aromatic nitrogens is 1. The van der Waals surface area contributed by atoms with Crippen molar-refractivity contribution >= 4 is 59.7 Å². The number of fused-ring (bicyclic) bond motifs is 9. The minimum Gasteiger partial charge on any atom is -0.309 e. The Labute approximate surface area is 321 Å². The van der Waals surface area contributed by atoms with E-state index in [0.717, 1.165) is 6.42 Å². The SMILES string of the molecule is CC1(C)C2=CC=C(c3ccc4c(c3)c3cccc5c3c3c(cccc43)C5(C)C)CC2c2cc(-c3ccc4c(c3)c3ccccc3n4-c3ccccc3)ccc21. The fourth-order valence-electron chi connectivity index (χ4n) is 11.1. The number of hydrogen-bond donors (Lipinski definition) is 0. The molecular weight excluding hydrogens is 663 g/mol. The van der Waals surface area contributed by atoms with Gasteiger partial charge < -0.3 is 4.57 Å². The lowest BCUT2D eigenvalue weighted by molar-refractivity contribution is 0.615. The van der Waals surface area contributed by atoms with Gasteiger partial charge in [-0.1, -0.05) is 155 Å². The normalized spacial score (nSPS) is 17.7. The molecule has 262 valence electrons. The Kier molecular flexibility index (Phi) is 6.09. The zero-order valence-corrected chi connectivity index (χ0v) is 31.7. The summed E-state index contributed by atoms with van der Waals surface area (Å²) in [5.41, 5.74) is 16.4. The summed E-state index contributed by atoms with van der Waals surface area (Å²) in [6, 6.07) is 55.1. The van der Waals surface area contributed by atoms with E-state index in [0.29, 0.717) is 5.92 Å². The van der Waals surface area contributed by atoms with Gasteiger partial charge in [0.2, 0.25) is 0 Å². The summed E-state index contributed by atoms with van der Waals surface area (Å²) >= 11 is 0. The van der Waals surface area contributed by atoms with Gasteiger partial charge in [0.25, 0.3) is 0 Å². The van der Waals surface area contributed by atoms with Crippen LogP contribution in [0.25, 0.3) is 76.5 Å². The van der Waals surface area contributed by atoms with E-state index in [9.17, 15) is 0 Å². The van der Waals surface area contributed by atoms with E-state index in [1.54, 1.807) is 0 Å². The number of nitrogens with zero attached hydrogens (tertiary/aromatic N) is 1. The lowest BCUT2D eigenvalue weighted by atomic mass is 9.76. The van der Waals surface area contributed by atoms with Gasteiger partial charge in [0.1, 0.15) is 0 Å². The zero-order valence-electron chi connectivity index (χ0n) is 31.7. The van der Waals surface area contributed by atoms with Crippen LogP contribution in [0.2, 0.25) is 0 Å². The molecule has 0 N–H and O–H groups in total. The Bertz CT molecular complexity index is 3220. The predicted molar refractivity (Wildman–Crippen MR) is 234 cm³/mol. The van der Waals surface area contributed by atoms with Crippen molar-refractivity contribution in [2.45, 2.75) is 50.9 Å². The maximum Gasteiger partial charge on any atom is 0.0541 e. The Balaban J connectivity index is 0.963. The zero-order chi connectivity index (χ0) is 36.8. The first-order chi connectivity index (χ1) is 26.8. The van der Waals surface area contributed by atoms with Crippen LogP contribution < -0.4 is 0 Å². The van der Waals surface area contributed by atoms with E-state index in [-0.39, 0.29) is 10.8 Å².